The molecule has 0 spiro atoms. The molecular formula is C20H28N4O2S. The van der Waals surface area contributed by atoms with Crippen molar-refractivity contribution in [2.75, 3.05) is 50.3 Å². The number of nitrogens with zero attached hydrogens (tertiary/aromatic N) is 3. The van der Waals surface area contributed by atoms with Gasteiger partial charge in [0.25, 0.3) is 0 Å². The number of hydrogen-bond acceptors (Lipinski definition) is 6. The molecule has 0 radical (unpaired) electrons. The Morgan fingerprint density at radius 3 is 2.52 bits per heavy atom. The molecule has 1 aliphatic rings. The van der Waals surface area contributed by atoms with E-state index in [1.165, 1.54) is 16.0 Å². The van der Waals surface area contributed by atoms with E-state index in [2.05, 4.69) is 52.3 Å². The third kappa shape index (κ3) is 6.09. The van der Waals surface area contributed by atoms with Crippen LogP contribution in [0.15, 0.2) is 33.7 Å². The van der Waals surface area contributed by atoms with E-state index in [9.17, 15) is 4.79 Å². The molecule has 0 bridgehead atoms. The Bertz CT molecular complexity index is 769. The summed E-state index contributed by atoms with van der Waals surface area (Å²) in [5.74, 6) is 2.23. The first kappa shape index (κ1) is 19.9. The van der Waals surface area contributed by atoms with E-state index in [1.54, 1.807) is 13.0 Å². The van der Waals surface area contributed by atoms with Gasteiger partial charge in [0.15, 0.2) is 5.82 Å². The molecule has 1 N–H and O–H groups in total. The van der Waals surface area contributed by atoms with Gasteiger partial charge in [0.05, 0.1) is 6.54 Å². The Labute approximate surface area is 165 Å². The molecule has 146 valence electrons. The highest BCUT2D eigenvalue weighted by Gasteiger charge is 2.19. The number of rotatable bonds is 7. The van der Waals surface area contributed by atoms with Crippen LogP contribution in [0.3, 0.4) is 0 Å². The molecule has 1 amide bonds. The molecule has 27 heavy (non-hydrogen) atoms. The lowest BCUT2D eigenvalue weighted by Gasteiger charge is -2.34. The fourth-order valence-electron chi connectivity index (χ4n) is 3.08. The van der Waals surface area contributed by atoms with Crippen LogP contribution >= 0.6 is 11.8 Å². The largest absolute Gasteiger partial charge is 0.360 e. The van der Waals surface area contributed by atoms with E-state index in [0.717, 1.165) is 38.5 Å². The van der Waals surface area contributed by atoms with Gasteiger partial charge < -0.3 is 9.84 Å². The number of nitrogens with one attached hydrogen (secondary N) is 1. The highest BCUT2D eigenvalue weighted by atomic mass is 32.2. The van der Waals surface area contributed by atoms with Crippen molar-refractivity contribution < 1.29 is 9.32 Å². The number of aryl methyl sites for hydroxylation is 3. The lowest BCUT2D eigenvalue weighted by atomic mass is 10.1. The minimum absolute atomic E-state index is 0.0398. The van der Waals surface area contributed by atoms with Gasteiger partial charge in [-0.25, -0.2) is 0 Å². The summed E-state index contributed by atoms with van der Waals surface area (Å²) in [7, 11) is 0. The standard InChI is InChI=1S/C20H28N4O2S/c1-15-4-5-18(12-16(15)2)27-11-10-23-6-8-24(9-7-23)14-20(25)21-19-13-17(3)26-22-19/h4-5,12-13H,6-11,14H2,1-3H3,(H,21,22,25). The summed E-state index contributed by atoms with van der Waals surface area (Å²) >= 11 is 1.92. The molecule has 0 unspecified atom stereocenters. The van der Waals surface area contributed by atoms with Crippen molar-refractivity contribution in [1.29, 1.82) is 0 Å². The summed E-state index contributed by atoms with van der Waals surface area (Å²) in [5.41, 5.74) is 2.70. The number of anilines is 1. The number of thioether (sulfide) groups is 1. The second-order valence-electron chi connectivity index (χ2n) is 7.08. The van der Waals surface area contributed by atoms with Crippen molar-refractivity contribution in [3.05, 3.63) is 41.2 Å². The van der Waals surface area contributed by atoms with Crippen LogP contribution in [0, 0.1) is 20.8 Å². The Balaban J connectivity index is 1.33. The molecule has 2 aromatic rings. The quantitative estimate of drug-likeness (QED) is 0.736. The van der Waals surface area contributed by atoms with Gasteiger partial charge in [-0.2, -0.15) is 0 Å². The average Bonchev–Trinajstić information content (AvgIpc) is 3.04. The maximum atomic E-state index is 12.1. The summed E-state index contributed by atoms with van der Waals surface area (Å²) in [5, 5.41) is 6.57. The second kappa shape index (κ2) is 9.39. The van der Waals surface area contributed by atoms with Gasteiger partial charge in [0, 0.05) is 49.4 Å². The third-order valence-corrected chi connectivity index (χ3v) is 5.86. The van der Waals surface area contributed by atoms with Crippen LogP contribution in [0.2, 0.25) is 0 Å². The molecule has 1 aromatic heterocycles. The number of hydrogen-bond donors (Lipinski definition) is 1. The lowest BCUT2D eigenvalue weighted by molar-refractivity contribution is -0.117. The zero-order valence-electron chi connectivity index (χ0n) is 16.3. The highest BCUT2D eigenvalue weighted by molar-refractivity contribution is 7.99. The van der Waals surface area contributed by atoms with Gasteiger partial charge in [0.1, 0.15) is 5.76 Å². The van der Waals surface area contributed by atoms with Gasteiger partial charge in [0.2, 0.25) is 5.91 Å². The van der Waals surface area contributed by atoms with Crippen molar-refractivity contribution >= 4 is 23.5 Å². The monoisotopic (exact) mass is 388 g/mol. The Morgan fingerprint density at radius 1 is 1.11 bits per heavy atom. The third-order valence-electron chi connectivity index (χ3n) is 4.88. The van der Waals surface area contributed by atoms with Crippen LogP contribution < -0.4 is 5.32 Å². The lowest BCUT2D eigenvalue weighted by Crippen LogP contribution is -2.49. The first-order valence-electron chi connectivity index (χ1n) is 9.37. The Hall–Kier alpha value is -1.83. The summed E-state index contributed by atoms with van der Waals surface area (Å²) < 4.78 is 4.96. The van der Waals surface area contributed by atoms with Crippen molar-refractivity contribution in [2.45, 2.75) is 25.7 Å². The van der Waals surface area contributed by atoms with E-state index >= 15 is 0 Å². The number of piperazine rings is 1. The zero-order valence-corrected chi connectivity index (χ0v) is 17.1. The average molecular weight is 389 g/mol. The SMILES string of the molecule is Cc1cc(NC(=O)CN2CCN(CCSc3ccc(C)c(C)c3)CC2)no1. The van der Waals surface area contributed by atoms with Gasteiger partial charge >= 0.3 is 0 Å². The minimum atomic E-state index is -0.0398. The molecule has 0 saturated carbocycles. The molecule has 0 atom stereocenters. The Morgan fingerprint density at radius 2 is 1.85 bits per heavy atom. The molecule has 2 heterocycles. The normalized spacial score (nSPS) is 15.8. The molecule has 1 fully saturated rings. The van der Waals surface area contributed by atoms with Crippen LogP contribution in [0.1, 0.15) is 16.9 Å². The van der Waals surface area contributed by atoms with Gasteiger partial charge in [-0.15, -0.1) is 11.8 Å². The van der Waals surface area contributed by atoms with Crippen LogP contribution in [0.25, 0.3) is 0 Å². The summed E-state index contributed by atoms with van der Waals surface area (Å²) in [6.07, 6.45) is 0. The van der Waals surface area contributed by atoms with E-state index in [0.29, 0.717) is 18.1 Å². The van der Waals surface area contributed by atoms with E-state index in [4.69, 9.17) is 4.52 Å². The smallest absolute Gasteiger partial charge is 0.239 e. The van der Waals surface area contributed by atoms with Crippen molar-refractivity contribution in [3.63, 3.8) is 0 Å². The fourth-order valence-corrected chi connectivity index (χ4v) is 4.09. The van der Waals surface area contributed by atoms with Crippen molar-refractivity contribution in [1.82, 2.24) is 15.0 Å². The number of aromatic nitrogens is 1. The number of carbonyl (C=O) groups is 1. The first-order valence-corrected chi connectivity index (χ1v) is 10.4. The van der Waals surface area contributed by atoms with E-state index in [-0.39, 0.29) is 5.91 Å². The fraction of sp³-hybridized carbons (Fsp3) is 0.500. The van der Waals surface area contributed by atoms with Gasteiger partial charge in [-0.1, -0.05) is 11.2 Å². The van der Waals surface area contributed by atoms with Crippen LogP contribution in [0.4, 0.5) is 5.82 Å². The molecule has 3 rings (SSSR count). The highest BCUT2D eigenvalue weighted by Crippen LogP contribution is 2.21. The summed E-state index contributed by atoms with van der Waals surface area (Å²) in [4.78, 5) is 18.1. The molecule has 7 heteroatoms. The summed E-state index contributed by atoms with van der Waals surface area (Å²) in [6.45, 7) is 11.4. The molecule has 6 nitrogen and oxygen atoms in total. The molecule has 0 aliphatic carbocycles. The van der Waals surface area contributed by atoms with Crippen molar-refractivity contribution in [2.24, 2.45) is 0 Å². The predicted octanol–water partition coefficient (Wildman–Crippen LogP) is 2.95. The van der Waals surface area contributed by atoms with Gasteiger partial charge in [-0.05, 0) is 44.0 Å². The zero-order chi connectivity index (χ0) is 19.2. The first-order chi connectivity index (χ1) is 13.0. The van der Waals surface area contributed by atoms with E-state index in [1.807, 2.05) is 11.8 Å². The Kier molecular flexibility index (Phi) is 6.93. The van der Waals surface area contributed by atoms with Gasteiger partial charge in [-0.3, -0.25) is 14.6 Å². The number of carbonyl (C=O) groups excluding carboxylic acids is 1. The molecule has 1 aliphatic heterocycles. The number of amides is 1. The van der Waals surface area contributed by atoms with Crippen LogP contribution in [-0.4, -0.2) is 65.9 Å². The minimum Gasteiger partial charge on any atom is -0.360 e. The maximum absolute atomic E-state index is 12.1. The van der Waals surface area contributed by atoms with Crippen molar-refractivity contribution in [3.8, 4) is 0 Å². The number of benzene rings is 1. The molecule has 1 aromatic carbocycles. The topological polar surface area (TPSA) is 61.6 Å². The predicted molar refractivity (Wildman–Crippen MR) is 109 cm³/mol. The van der Waals surface area contributed by atoms with Crippen LogP contribution in [-0.2, 0) is 4.79 Å². The molecular weight excluding hydrogens is 360 g/mol. The maximum Gasteiger partial charge on any atom is 0.239 e. The van der Waals surface area contributed by atoms with Crippen LogP contribution in [0.5, 0.6) is 0 Å². The summed E-state index contributed by atoms with van der Waals surface area (Å²) in [6, 6.07) is 8.40. The van der Waals surface area contributed by atoms with E-state index < -0.39 is 0 Å². The molecule has 1 saturated heterocycles. The second-order valence-corrected chi connectivity index (χ2v) is 8.25.